The quantitative estimate of drug-likeness (QED) is 0.290. The number of hydrogen-bond donors (Lipinski definition) is 0. The molecule has 3 atom stereocenters. The van der Waals surface area contributed by atoms with E-state index >= 15 is 0 Å². The zero-order chi connectivity index (χ0) is 30.8. The molecule has 3 saturated heterocycles. The van der Waals surface area contributed by atoms with Crippen molar-refractivity contribution in [2.24, 2.45) is 5.92 Å². The summed E-state index contributed by atoms with van der Waals surface area (Å²) in [6, 6.07) is 22.2. The molecule has 0 bridgehead atoms. The van der Waals surface area contributed by atoms with E-state index in [1.54, 1.807) is 7.11 Å². The lowest BCUT2D eigenvalue weighted by molar-refractivity contribution is -0.141. The molecule has 3 aliphatic heterocycles. The van der Waals surface area contributed by atoms with Crippen LogP contribution in [-0.2, 0) is 16.1 Å². The molecule has 254 valence electrons. The highest BCUT2D eigenvalue weighted by Gasteiger charge is 2.44. The molecule has 3 aromatic rings. The molecule has 0 spiro atoms. The number of piperazine rings is 2. The Balaban J connectivity index is 0.00000217. The van der Waals surface area contributed by atoms with Crippen LogP contribution in [0.2, 0.25) is 0 Å². The number of methoxy groups -OCH3 is 1. The first-order chi connectivity index (χ1) is 22.1. The Morgan fingerprint density at radius 1 is 0.915 bits per heavy atom. The minimum absolute atomic E-state index is 0. The predicted molar refractivity (Wildman–Crippen MR) is 186 cm³/mol. The predicted octanol–water partition coefficient (Wildman–Crippen LogP) is 5.17. The molecule has 0 N–H and O–H groups in total. The highest BCUT2D eigenvalue weighted by molar-refractivity contribution is 5.85. The van der Waals surface area contributed by atoms with E-state index in [-0.39, 0.29) is 54.6 Å². The molecule has 7 rings (SSSR count). The normalized spacial score (nSPS) is 23.0. The van der Waals surface area contributed by atoms with E-state index < -0.39 is 0 Å². The smallest absolute Gasteiger partial charge is 0.228 e. The lowest BCUT2D eigenvalue weighted by Gasteiger charge is -2.53. The van der Waals surface area contributed by atoms with Crippen LogP contribution in [0.25, 0.3) is 0 Å². The zero-order valence-corrected chi connectivity index (χ0v) is 29.0. The molecule has 4 fully saturated rings. The van der Waals surface area contributed by atoms with E-state index in [2.05, 4.69) is 75.4 Å². The van der Waals surface area contributed by atoms with E-state index in [0.717, 1.165) is 56.8 Å². The number of hydrogen-bond acceptors (Lipinski definition) is 8. The third-order valence-corrected chi connectivity index (χ3v) is 9.91. The Morgan fingerprint density at radius 3 is 2.19 bits per heavy atom. The molecule has 2 aromatic carbocycles. The number of carbonyl (C=O) groups excluding carboxylic acids is 1. The largest absolute Gasteiger partial charge is 0.481 e. The van der Waals surface area contributed by atoms with Gasteiger partial charge in [-0.25, -0.2) is 0 Å². The van der Waals surface area contributed by atoms with Crippen LogP contribution < -0.4 is 9.47 Å². The highest BCUT2D eigenvalue weighted by atomic mass is 35.5. The van der Waals surface area contributed by atoms with Gasteiger partial charge in [0.2, 0.25) is 17.7 Å². The molecule has 4 heterocycles. The van der Waals surface area contributed by atoms with Gasteiger partial charge in [-0.3, -0.25) is 14.6 Å². The van der Waals surface area contributed by atoms with Crippen molar-refractivity contribution < 1.29 is 19.0 Å². The summed E-state index contributed by atoms with van der Waals surface area (Å²) in [5.41, 5.74) is 3.51. The van der Waals surface area contributed by atoms with E-state index in [0.29, 0.717) is 50.6 Å². The summed E-state index contributed by atoms with van der Waals surface area (Å²) in [6.45, 7) is 8.36. The first-order valence-electron chi connectivity index (χ1n) is 16.6. The SMILES string of the molecule is CCOc1nc(C2CC2)nc(OC)c1CN1C[C@@H]2CN(C(=O)C3CCOC3)CCN2[C@H](C(c2ccccc2)c2ccccc2)C1.Cl.Cl. The van der Waals surface area contributed by atoms with Crippen molar-refractivity contribution in [3.8, 4) is 11.8 Å². The van der Waals surface area contributed by atoms with Crippen molar-refractivity contribution >= 4 is 30.7 Å². The molecular weight excluding hydrogens is 637 g/mol. The van der Waals surface area contributed by atoms with Crippen LogP contribution in [0.3, 0.4) is 0 Å². The lowest BCUT2D eigenvalue weighted by Crippen LogP contribution is -2.67. The third kappa shape index (κ3) is 7.70. The Kier molecular flexibility index (Phi) is 12.0. The van der Waals surface area contributed by atoms with Gasteiger partial charge >= 0.3 is 0 Å². The second kappa shape index (κ2) is 16.0. The number of amides is 1. The van der Waals surface area contributed by atoms with E-state index in [9.17, 15) is 4.79 Å². The van der Waals surface area contributed by atoms with Crippen LogP contribution >= 0.6 is 24.8 Å². The average Bonchev–Trinajstić information content (AvgIpc) is 3.79. The maximum atomic E-state index is 13.6. The fourth-order valence-corrected chi connectivity index (χ4v) is 7.55. The summed E-state index contributed by atoms with van der Waals surface area (Å²) < 4.78 is 17.6. The molecule has 9 nitrogen and oxygen atoms in total. The Hall–Kier alpha value is -2.95. The topological polar surface area (TPSA) is 80.3 Å². The number of benzene rings is 2. The fraction of sp³-hybridized carbons (Fsp3) is 0.528. The summed E-state index contributed by atoms with van der Waals surface area (Å²) in [6.07, 6.45) is 3.04. The van der Waals surface area contributed by atoms with E-state index in [1.165, 1.54) is 11.1 Å². The zero-order valence-electron chi connectivity index (χ0n) is 27.3. The molecule has 1 aromatic heterocycles. The second-order valence-electron chi connectivity index (χ2n) is 12.9. The van der Waals surface area contributed by atoms with Gasteiger partial charge < -0.3 is 19.1 Å². The van der Waals surface area contributed by atoms with E-state index in [1.807, 2.05) is 6.92 Å². The van der Waals surface area contributed by atoms with Crippen LogP contribution in [-0.4, -0.2) is 102 Å². The molecule has 1 saturated carbocycles. The molecule has 1 aliphatic carbocycles. The van der Waals surface area contributed by atoms with Crippen molar-refractivity contribution in [3.05, 3.63) is 83.2 Å². The summed E-state index contributed by atoms with van der Waals surface area (Å²) in [5, 5.41) is 0. The molecule has 1 amide bonds. The molecule has 11 heteroatoms. The van der Waals surface area contributed by atoms with Gasteiger partial charge in [-0.2, -0.15) is 9.97 Å². The van der Waals surface area contributed by atoms with Crippen LogP contribution in [0, 0.1) is 5.92 Å². The number of rotatable bonds is 10. The van der Waals surface area contributed by atoms with Crippen molar-refractivity contribution in [1.82, 2.24) is 24.7 Å². The van der Waals surface area contributed by atoms with Gasteiger partial charge in [0.1, 0.15) is 5.82 Å². The summed E-state index contributed by atoms with van der Waals surface area (Å²) >= 11 is 0. The first-order valence-corrected chi connectivity index (χ1v) is 16.6. The Morgan fingerprint density at radius 2 is 1.60 bits per heavy atom. The second-order valence-corrected chi connectivity index (χ2v) is 12.9. The third-order valence-electron chi connectivity index (χ3n) is 9.91. The number of fused-ring (bicyclic) bond motifs is 1. The van der Waals surface area contributed by atoms with Gasteiger partial charge in [-0.1, -0.05) is 60.7 Å². The number of aromatic nitrogens is 2. The van der Waals surface area contributed by atoms with Crippen LogP contribution in [0.4, 0.5) is 0 Å². The lowest BCUT2D eigenvalue weighted by atomic mass is 9.81. The van der Waals surface area contributed by atoms with Crippen molar-refractivity contribution in [1.29, 1.82) is 0 Å². The number of halogens is 2. The Labute approximate surface area is 290 Å². The average molecular weight is 685 g/mol. The Bertz CT molecular complexity index is 1420. The minimum Gasteiger partial charge on any atom is -0.481 e. The maximum Gasteiger partial charge on any atom is 0.228 e. The highest BCUT2D eigenvalue weighted by Crippen LogP contribution is 2.41. The minimum atomic E-state index is -0.0198. The standard InChI is InChI=1S/C36H45N5O4.2ClH/c1-3-45-35-30(34(43-2)37-33(38-35)27-14-15-27)22-39-20-29-21-40(36(42)28-16-19-44-24-28)17-18-41(29)31(23-39)32(25-10-6-4-7-11-25)26-12-8-5-9-13-26;;/h4-13,27-29,31-32H,3,14-24H2,1-2H3;2*1H/t28?,29-,31+;;/m1../s1. The molecule has 1 unspecified atom stereocenters. The molecular formula is C36H47Cl2N5O4. The van der Waals surface area contributed by atoms with Crippen molar-refractivity contribution in [2.45, 2.75) is 56.7 Å². The monoisotopic (exact) mass is 683 g/mol. The summed E-state index contributed by atoms with van der Waals surface area (Å²) in [7, 11) is 1.69. The van der Waals surface area contributed by atoms with Gasteiger partial charge in [-0.05, 0) is 37.3 Å². The summed E-state index contributed by atoms with van der Waals surface area (Å²) in [5.74, 6) is 2.86. The van der Waals surface area contributed by atoms with Crippen LogP contribution in [0.15, 0.2) is 60.7 Å². The molecule has 47 heavy (non-hydrogen) atoms. The van der Waals surface area contributed by atoms with Gasteiger partial charge in [0.15, 0.2) is 0 Å². The molecule has 4 aliphatic rings. The molecule has 0 radical (unpaired) electrons. The number of nitrogens with zero attached hydrogens (tertiary/aromatic N) is 5. The van der Waals surface area contributed by atoms with Crippen LogP contribution in [0.1, 0.15) is 60.5 Å². The summed E-state index contributed by atoms with van der Waals surface area (Å²) in [4.78, 5) is 30.6. The van der Waals surface area contributed by atoms with E-state index in [4.69, 9.17) is 24.2 Å². The first kappa shape index (κ1) is 35.4. The van der Waals surface area contributed by atoms with Crippen molar-refractivity contribution in [2.75, 3.05) is 59.7 Å². The fourth-order valence-electron chi connectivity index (χ4n) is 7.55. The van der Waals surface area contributed by atoms with Gasteiger partial charge in [0, 0.05) is 69.8 Å². The van der Waals surface area contributed by atoms with Crippen LogP contribution in [0.5, 0.6) is 11.8 Å². The van der Waals surface area contributed by atoms with Gasteiger partial charge in [0.25, 0.3) is 0 Å². The van der Waals surface area contributed by atoms with Gasteiger partial charge in [-0.15, -0.1) is 24.8 Å². The number of ether oxygens (including phenoxy) is 3. The maximum absolute atomic E-state index is 13.6. The number of carbonyl (C=O) groups is 1. The van der Waals surface area contributed by atoms with Crippen molar-refractivity contribution in [3.63, 3.8) is 0 Å². The van der Waals surface area contributed by atoms with Gasteiger partial charge in [0.05, 0.1) is 31.8 Å².